The van der Waals surface area contributed by atoms with E-state index in [-0.39, 0.29) is 11.0 Å². The van der Waals surface area contributed by atoms with Gasteiger partial charge in [-0.2, -0.15) is 5.10 Å². The van der Waals surface area contributed by atoms with Crippen molar-refractivity contribution in [1.82, 2.24) is 9.78 Å². The second-order valence-electron chi connectivity index (χ2n) is 4.34. The van der Waals surface area contributed by atoms with Crippen LogP contribution in [0.3, 0.4) is 0 Å². The minimum Gasteiger partial charge on any atom is -0.443 e. The lowest BCUT2D eigenvalue weighted by Crippen LogP contribution is -1.97. The first-order valence-corrected chi connectivity index (χ1v) is 6.28. The summed E-state index contributed by atoms with van der Waals surface area (Å²) in [6.07, 6.45) is 0. The lowest BCUT2D eigenvalue weighted by Gasteiger charge is -2.02. The van der Waals surface area contributed by atoms with Crippen molar-refractivity contribution in [3.05, 3.63) is 47.4 Å². The van der Waals surface area contributed by atoms with Crippen molar-refractivity contribution in [3.63, 3.8) is 0 Å². The van der Waals surface area contributed by atoms with Crippen LogP contribution < -0.4 is 5.73 Å². The van der Waals surface area contributed by atoms with Gasteiger partial charge in [0.15, 0.2) is 11.0 Å². The molecular formula is C14H11ClFN3O. The van der Waals surface area contributed by atoms with Crippen LogP contribution in [0.25, 0.3) is 22.6 Å². The molecule has 4 nitrogen and oxygen atoms in total. The molecule has 0 saturated heterocycles. The summed E-state index contributed by atoms with van der Waals surface area (Å²) >= 11 is 5.79. The molecular weight excluding hydrogens is 281 g/mol. The van der Waals surface area contributed by atoms with E-state index in [9.17, 15) is 4.39 Å². The fourth-order valence-corrected chi connectivity index (χ4v) is 2.20. The summed E-state index contributed by atoms with van der Waals surface area (Å²) < 4.78 is 20.0. The zero-order chi connectivity index (χ0) is 14.3. The van der Waals surface area contributed by atoms with Gasteiger partial charge in [0.05, 0.1) is 5.56 Å². The van der Waals surface area contributed by atoms with Gasteiger partial charge in [-0.1, -0.05) is 12.1 Å². The molecule has 0 bridgehead atoms. The maximum Gasteiger partial charge on any atom is 0.194 e. The van der Waals surface area contributed by atoms with E-state index in [0.29, 0.717) is 22.8 Å². The summed E-state index contributed by atoms with van der Waals surface area (Å²) in [4.78, 5) is 0. The monoisotopic (exact) mass is 291 g/mol. The van der Waals surface area contributed by atoms with E-state index in [4.69, 9.17) is 21.8 Å². The minimum absolute atomic E-state index is 0.272. The summed E-state index contributed by atoms with van der Waals surface area (Å²) in [5.74, 6) is 0.680. The first-order chi connectivity index (χ1) is 9.56. The number of hydrogen-bond donors (Lipinski definition) is 1. The van der Waals surface area contributed by atoms with E-state index in [1.54, 1.807) is 36.0 Å². The zero-order valence-corrected chi connectivity index (χ0v) is 11.4. The van der Waals surface area contributed by atoms with Gasteiger partial charge in [0.25, 0.3) is 0 Å². The van der Waals surface area contributed by atoms with E-state index < -0.39 is 0 Å². The molecule has 0 saturated carbocycles. The van der Waals surface area contributed by atoms with Crippen LogP contribution in [0, 0.1) is 5.82 Å². The van der Waals surface area contributed by atoms with E-state index in [0.717, 1.165) is 5.56 Å². The van der Waals surface area contributed by atoms with E-state index in [1.807, 2.05) is 0 Å². The molecule has 0 spiro atoms. The Morgan fingerprint density at radius 3 is 2.50 bits per heavy atom. The molecule has 3 rings (SSSR count). The van der Waals surface area contributed by atoms with Gasteiger partial charge in [-0.15, -0.1) is 0 Å². The van der Waals surface area contributed by atoms with E-state index in [1.165, 1.54) is 12.1 Å². The van der Waals surface area contributed by atoms with Gasteiger partial charge < -0.3 is 10.2 Å². The Labute approximate surface area is 119 Å². The summed E-state index contributed by atoms with van der Waals surface area (Å²) in [5.41, 5.74) is 8.08. The normalized spacial score (nSPS) is 10.9. The molecule has 0 radical (unpaired) electrons. The number of anilines is 1. The standard InChI is InChI=1S/C14H11ClFN3O/c1-19-14(17)12(8-2-4-9(16)5-3-8)13(18-19)10-6-7-11(15)20-10/h2-7H,17H2,1H3. The van der Waals surface area contributed by atoms with Gasteiger partial charge in [0.2, 0.25) is 0 Å². The van der Waals surface area contributed by atoms with Gasteiger partial charge in [0, 0.05) is 7.05 Å². The summed E-state index contributed by atoms with van der Waals surface area (Å²) in [5, 5.41) is 4.61. The van der Waals surface area contributed by atoms with Crippen LogP contribution in [0.1, 0.15) is 0 Å². The fraction of sp³-hybridized carbons (Fsp3) is 0.0714. The number of nitrogen functional groups attached to an aromatic ring is 1. The highest BCUT2D eigenvalue weighted by molar-refractivity contribution is 6.29. The minimum atomic E-state index is -0.307. The largest absolute Gasteiger partial charge is 0.443 e. The average molecular weight is 292 g/mol. The van der Waals surface area contributed by atoms with Gasteiger partial charge in [-0.05, 0) is 41.4 Å². The Kier molecular flexibility index (Phi) is 2.99. The Bertz CT molecular complexity index is 761. The molecule has 0 aliphatic rings. The maximum absolute atomic E-state index is 13.0. The summed E-state index contributed by atoms with van der Waals surface area (Å²) in [6, 6.07) is 9.40. The van der Waals surface area contributed by atoms with Crippen LogP contribution >= 0.6 is 11.6 Å². The third kappa shape index (κ3) is 2.06. The van der Waals surface area contributed by atoms with Crippen molar-refractivity contribution in [2.45, 2.75) is 0 Å². The average Bonchev–Trinajstić information content (AvgIpc) is 2.97. The molecule has 0 amide bonds. The van der Waals surface area contributed by atoms with Gasteiger partial charge >= 0.3 is 0 Å². The molecule has 6 heteroatoms. The molecule has 1 aromatic carbocycles. The fourth-order valence-electron chi connectivity index (χ4n) is 2.05. The molecule has 2 N–H and O–H groups in total. The SMILES string of the molecule is Cn1nc(-c2ccc(Cl)o2)c(-c2ccc(F)cc2)c1N. The van der Waals surface area contributed by atoms with Crippen molar-refractivity contribution >= 4 is 17.4 Å². The molecule has 3 aromatic rings. The quantitative estimate of drug-likeness (QED) is 0.783. The van der Waals surface area contributed by atoms with E-state index in [2.05, 4.69) is 5.10 Å². The van der Waals surface area contributed by atoms with Crippen molar-refractivity contribution in [2.24, 2.45) is 7.05 Å². The Hall–Kier alpha value is -2.27. The zero-order valence-electron chi connectivity index (χ0n) is 10.6. The maximum atomic E-state index is 13.0. The molecule has 0 aliphatic heterocycles. The van der Waals surface area contributed by atoms with Crippen LogP contribution in [0.5, 0.6) is 0 Å². The number of halogens is 2. The van der Waals surface area contributed by atoms with Crippen molar-refractivity contribution in [2.75, 3.05) is 5.73 Å². The number of nitrogens with two attached hydrogens (primary N) is 1. The van der Waals surface area contributed by atoms with E-state index >= 15 is 0 Å². The predicted octanol–water partition coefficient (Wildman–Crippen LogP) is 3.72. The number of benzene rings is 1. The second kappa shape index (κ2) is 4.68. The van der Waals surface area contributed by atoms with Crippen molar-refractivity contribution in [3.8, 4) is 22.6 Å². The topological polar surface area (TPSA) is 57.0 Å². The predicted molar refractivity (Wildman–Crippen MR) is 75.7 cm³/mol. The molecule has 0 atom stereocenters. The molecule has 2 aromatic heterocycles. The van der Waals surface area contributed by atoms with Gasteiger partial charge in [-0.3, -0.25) is 4.68 Å². The summed E-state index contributed by atoms with van der Waals surface area (Å²) in [6.45, 7) is 0. The third-order valence-electron chi connectivity index (χ3n) is 3.03. The molecule has 0 aliphatic carbocycles. The van der Waals surface area contributed by atoms with Gasteiger partial charge in [-0.25, -0.2) is 4.39 Å². The highest BCUT2D eigenvalue weighted by Gasteiger charge is 2.19. The molecule has 102 valence electrons. The van der Waals surface area contributed by atoms with Crippen LogP contribution in [-0.2, 0) is 7.05 Å². The Balaban J connectivity index is 2.21. The molecule has 2 heterocycles. The highest BCUT2D eigenvalue weighted by Crippen LogP contribution is 2.37. The van der Waals surface area contributed by atoms with Gasteiger partial charge in [0.1, 0.15) is 17.3 Å². The van der Waals surface area contributed by atoms with Crippen LogP contribution in [0.15, 0.2) is 40.8 Å². The Morgan fingerprint density at radius 2 is 1.90 bits per heavy atom. The summed E-state index contributed by atoms with van der Waals surface area (Å²) in [7, 11) is 1.73. The number of aromatic nitrogens is 2. The van der Waals surface area contributed by atoms with Crippen molar-refractivity contribution < 1.29 is 8.81 Å². The number of nitrogens with zero attached hydrogens (tertiary/aromatic N) is 2. The number of hydrogen-bond acceptors (Lipinski definition) is 3. The second-order valence-corrected chi connectivity index (χ2v) is 4.72. The lowest BCUT2D eigenvalue weighted by atomic mass is 10.0. The molecule has 0 fully saturated rings. The number of rotatable bonds is 2. The van der Waals surface area contributed by atoms with Crippen LogP contribution in [-0.4, -0.2) is 9.78 Å². The third-order valence-corrected chi connectivity index (χ3v) is 3.23. The number of aryl methyl sites for hydroxylation is 1. The van der Waals surface area contributed by atoms with Crippen LogP contribution in [0.2, 0.25) is 5.22 Å². The molecule has 0 unspecified atom stereocenters. The smallest absolute Gasteiger partial charge is 0.194 e. The first kappa shape index (κ1) is 12.7. The van der Waals surface area contributed by atoms with Crippen molar-refractivity contribution in [1.29, 1.82) is 0 Å². The highest BCUT2D eigenvalue weighted by atomic mass is 35.5. The van der Waals surface area contributed by atoms with Crippen LogP contribution in [0.4, 0.5) is 10.2 Å². The molecule has 20 heavy (non-hydrogen) atoms. The number of furan rings is 1. The Morgan fingerprint density at radius 1 is 1.20 bits per heavy atom. The first-order valence-electron chi connectivity index (χ1n) is 5.90. The lowest BCUT2D eigenvalue weighted by molar-refractivity contribution is 0.580.